The maximum absolute atomic E-state index is 12.2. The standard InChI is InChI=1S/C14H19BrN2O4/c1-3-10(7-8-15)9-16-14(18)11-5-4-6-12(17(19)20)13(11)21-2/h4-6,10H,3,7-9H2,1-2H3,(H,16,18). The van der Waals surface area contributed by atoms with Crippen LogP contribution in [0.1, 0.15) is 30.1 Å². The monoisotopic (exact) mass is 358 g/mol. The van der Waals surface area contributed by atoms with E-state index in [1.165, 1.54) is 25.3 Å². The zero-order valence-corrected chi connectivity index (χ0v) is 13.7. The summed E-state index contributed by atoms with van der Waals surface area (Å²) in [6, 6.07) is 4.31. The molecule has 1 aromatic carbocycles. The lowest BCUT2D eigenvalue weighted by atomic mass is 10.0. The van der Waals surface area contributed by atoms with E-state index < -0.39 is 4.92 Å². The van der Waals surface area contributed by atoms with E-state index in [1.54, 1.807) is 0 Å². The minimum absolute atomic E-state index is 0.00598. The van der Waals surface area contributed by atoms with Crippen molar-refractivity contribution in [1.82, 2.24) is 5.32 Å². The number of amides is 1. The number of benzene rings is 1. The van der Waals surface area contributed by atoms with E-state index >= 15 is 0 Å². The lowest BCUT2D eigenvalue weighted by Crippen LogP contribution is -2.29. The van der Waals surface area contributed by atoms with Crippen molar-refractivity contribution in [3.05, 3.63) is 33.9 Å². The van der Waals surface area contributed by atoms with Crippen molar-refractivity contribution in [2.45, 2.75) is 19.8 Å². The minimum Gasteiger partial charge on any atom is -0.490 e. The molecule has 0 aromatic heterocycles. The van der Waals surface area contributed by atoms with Gasteiger partial charge in [0.05, 0.1) is 17.6 Å². The molecule has 0 spiro atoms. The van der Waals surface area contributed by atoms with Crippen LogP contribution in [0.3, 0.4) is 0 Å². The molecule has 6 nitrogen and oxygen atoms in total. The number of nitro benzene ring substituents is 1. The van der Waals surface area contributed by atoms with Gasteiger partial charge >= 0.3 is 5.69 Å². The summed E-state index contributed by atoms with van der Waals surface area (Å²) in [6.45, 7) is 2.60. The number of alkyl halides is 1. The maximum Gasteiger partial charge on any atom is 0.311 e. The van der Waals surface area contributed by atoms with Crippen LogP contribution >= 0.6 is 15.9 Å². The molecule has 0 heterocycles. The Morgan fingerprint density at radius 1 is 1.52 bits per heavy atom. The van der Waals surface area contributed by atoms with Crippen molar-refractivity contribution in [3.8, 4) is 5.75 Å². The van der Waals surface area contributed by atoms with Gasteiger partial charge in [-0.25, -0.2) is 0 Å². The van der Waals surface area contributed by atoms with Crippen molar-refractivity contribution >= 4 is 27.5 Å². The van der Waals surface area contributed by atoms with E-state index in [4.69, 9.17) is 4.74 Å². The lowest BCUT2D eigenvalue weighted by molar-refractivity contribution is -0.385. The number of methoxy groups -OCH3 is 1. The van der Waals surface area contributed by atoms with Gasteiger partial charge in [-0.3, -0.25) is 14.9 Å². The summed E-state index contributed by atoms with van der Waals surface area (Å²) in [7, 11) is 1.32. The van der Waals surface area contributed by atoms with Crippen LogP contribution in [0.25, 0.3) is 0 Å². The molecule has 1 N–H and O–H groups in total. The number of carbonyl (C=O) groups excluding carboxylic acids is 1. The number of rotatable bonds is 8. The Hall–Kier alpha value is -1.63. The molecule has 116 valence electrons. The van der Waals surface area contributed by atoms with Gasteiger partial charge in [-0.1, -0.05) is 35.3 Å². The zero-order chi connectivity index (χ0) is 15.8. The summed E-state index contributed by atoms with van der Waals surface area (Å²) in [6.07, 6.45) is 1.92. The van der Waals surface area contributed by atoms with E-state index in [0.717, 1.165) is 18.2 Å². The van der Waals surface area contributed by atoms with Crippen LogP contribution in [0.2, 0.25) is 0 Å². The maximum atomic E-state index is 12.2. The van der Waals surface area contributed by atoms with E-state index in [9.17, 15) is 14.9 Å². The van der Waals surface area contributed by atoms with Gasteiger partial charge in [0.1, 0.15) is 0 Å². The van der Waals surface area contributed by atoms with Crippen molar-refractivity contribution < 1.29 is 14.5 Å². The quantitative estimate of drug-likeness (QED) is 0.439. The summed E-state index contributed by atoms with van der Waals surface area (Å²) in [4.78, 5) is 22.6. The predicted octanol–water partition coefficient (Wildman–Crippen LogP) is 3.14. The van der Waals surface area contributed by atoms with Crippen LogP contribution in [-0.4, -0.2) is 29.8 Å². The second-order valence-corrected chi connectivity index (χ2v) is 5.37. The van der Waals surface area contributed by atoms with Crippen LogP contribution < -0.4 is 10.1 Å². The third kappa shape index (κ3) is 4.70. The lowest BCUT2D eigenvalue weighted by Gasteiger charge is -2.15. The third-order valence-electron chi connectivity index (χ3n) is 3.29. The average molecular weight is 359 g/mol. The normalized spacial score (nSPS) is 11.8. The molecule has 0 fully saturated rings. The van der Waals surface area contributed by atoms with Gasteiger partial charge in [0.2, 0.25) is 5.75 Å². The number of nitrogens with one attached hydrogen (secondary N) is 1. The molecule has 1 amide bonds. The van der Waals surface area contributed by atoms with Crippen LogP contribution in [-0.2, 0) is 0 Å². The molecule has 1 aromatic rings. The molecule has 0 radical (unpaired) electrons. The summed E-state index contributed by atoms with van der Waals surface area (Å²) >= 11 is 3.38. The molecule has 0 saturated carbocycles. The van der Waals surface area contributed by atoms with Crippen molar-refractivity contribution in [1.29, 1.82) is 0 Å². The van der Waals surface area contributed by atoms with Gasteiger partial charge in [-0.2, -0.15) is 0 Å². The number of hydrogen-bond acceptors (Lipinski definition) is 4. The Morgan fingerprint density at radius 2 is 2.24 bits per heavy atom. The summed E-state index contributed by atoms with van der Waals surface area (Å²) in [5.41, 5.74) is -0.0296. The number of carbonyl (C=O) groups is 1. The van der Waals surface area contributed by atoms with E-state index in [0.29, 0.717) is 12.5 Å². The molecule has 1 atom stereocenters. The predicted molar refractivity (Wildman–Crippen MR) is 84.2 cm³/mol. The fourth-order valence-electron chi connectivity index (χ4n) is 2.00. The number of nitro groups is 1. The second-order valence-electron chi connectivity index (χ2n) is 4.58. The zero-order valence-electron chi connectivity index (χ0n) is 12.1. The SMILES string of the molecule is CCC(CCBr)CNC(=O)c1cccc([N+](=O)[O-])c1OC. The molecule has 0 aliphatic heterocycles. The topological polar surface area (TPSA) is 81.5 Å². The summed E-state index contributed by atoms with van der Waals surface area (Å²) < 4.78 is 5.03. The van der Waals surface area contributed by atoms with Gasteiger partial charge in [0.25, 0.3) is 5.91 Å². The van der Waals surface area contributed by atoms with Gasteiger partial charge in [-0.15, -0.1) is 0 Å². The molecule has 7 heteroatoms. The van der Waals surface area contributed by atoms with Gasteiger partial charge in [0.15, 0.2) is 0 Å². The van der Waals surface area contributed by atoms with E-state index in [1.807, 2.05) is 0 Å². The number of nitrogens with zero attached hydrogens (tertiary/aromatic N) is 1. The Labute approximate surface area is 132 Å². The first-order valence-corrected chi connectivity index (χ1v) is 7.82. The first kappa shape index (κ1) is 17.4. The smallest absolute Gasteiger partial charge is 0.311 e. The van der Waals surface area contributed by atoms with Crippen LogP contribution in [0.15, 0.2) is 18.2 Å². The number of hydrogen-bond donors (Lipinski definition) is 1. The molecule has 0 bridgehead atoms. The molecule has 0 saturated heterocycles. The molecule has 21 heavy (non-hydrogen) atoms. The van der Waals surface area contributed by atoms with E-state index in [-0.39, 0.29) is 22.9 Å². The Morgan fingerprint density at radius 3 is 2.76 bits per heavy atom. The molecular formula is C14H19BrN2O4. The van der Waals surface area contributed by atoms with Gasteiger partial charge in [0, 0.05) is 17.9 Å². The van der Waals surface area contributed by atoms with Gasteiger partial charge in [-0.05, 0) is 18.4 Å². The van der Waals surface area contributed by atoms with Crippen molar-refractivity contribution in [2.75, 3.05) is 19.0 Å². The highest BCUT2D eigenvalue weighted by Gasteiger charge is 2.22. The fraction of sp³-hybridized carbons (Fsp3) is 0.500. The molecule has 0 aliphatic rings. The number of ether oxygens (including phenoxy) is 1. The second kappa shape index (κ2) is 8.61. The summed E-state index contributed by atoms with van der Waals surface area (Å²) in [5, 5.41) is 14.6. The Bertz CT molecular complexity index is 508. The van der Waals surface area contributed by atoms with Crippen molar-refractivity contribution in [2.24, 2.45) is 5.92 Å². The van der Waals surface area contributed by atoms with Gasteiger partial charge < -0.3 is 10.1 Å². The Balaban J connectivity index is 2.87. The molecule has 1 rings (SSSR count). The third-order valence-corrected chi connectivity index (χ3v) is 3.74. The van der Waals surface area contributed by atoms with Crippen LogP contribution in [0, 0.1) is 16.0 Å². The Kier molecular flexibility index (Phi) is 7.14. The molecule has 0 aliphatic carbocycles. The number of halogens is 1. The highest BCUT2D eigenvalue weighted by Crippen LogP contribution is 2.30. The first-order chi connectivity index (χ1) is 10.0. The van der Waals surface area contributed by atoms with Crippen LogP contribution in [0.5, 0.6) is 5.75 Å². The molecular weight excluding hydrogens is 340 g/mol. The minimum atomic E-state index is -0.560. The number of para-hydroxylation sites is 1. The fourth-order valence-corrected chi connectivity index (χ4v) is 2.65. The van der Waals surface area contributed by atoms with Crippen molar-refractivity contribution in [3.63, 3.8) is 0 Å². The highest BCUT2D eigenvalue weighted by molar-refractivity contribution is 9.09. The molecule has 1 unspecified atom stereocenters. The largest absolute Gasteiger partial charge is 0.490 e. The first-order valence-electron chi connectivity index (χ1n) is 6.70. The average Bonchev–Trinajstić information content (AvgIpc) is 2.49. The van der Waals surface area contributed by atoms with Crippen LogP contribution in [0.4, 0.5) is 5.69 Å². The summed E-state index contributed by atoms with van der Waals surface area (Å²) in [5.74, 6) is 0.00938. The highest BCUT2D eigenvalue weighted by atomic mass is 79.9. The van der Waals surface area contributed by atoms with E-state index in [2.05, 4.69) is 28.2 Å².